The summed E-state index contributed by atoms with van der Waals surface area (Å²) in [5.41, 5.74) is 1.77. The number of hydrazone groups is 1. The summed E-state index contributed by atoms with van der Waals surface area (Å²) >= 11 is 5.74. The first kappa shape index (κ1) is 19.5. The van der Waals surface area contributed by atoms with E-state index in [9.17, 15) is 19.7 Å². The Hall–Kier alpha value is -3.26. The monoisotopic (exact) mass is 400 g/mol. The lowest BCUT2D eigenvalue weighted by Gasteiger charge is -2.11. The molecule has 0 radical (unpaired) electrons. The van der Waals surface area contributed by atoms with Gasteiger partial charge in [-0.2, -0.15) is 5.10 Å². The first-order valence-electron chi connectivity index (χ1n) is 8.61. The quantitative estimate of drug-likeness (QED) is 0.590. The average molecular weight is 401 g/mol. The molecule has 2 amide bonds. The number of anilines is 1. The molecule has 0 aromatic heterocycles. The van der Waals surface area contributed by atoms with Crippen molar-refractivity contribution < 1.29 is 14.5 Å². The highest BCUT2D eigenvalue weighted by Gasteiger charge is 2.22. The summed E-state index contributed by atoms with van der Waals surface area (Å²) in [6, 6.07) is 13.6. The molecule has 28 heavy (non-hydrogen) atoms. The second-order valence-electron chi connectivity index (χ2n) is 6.15. The number of rotatable bonds is 6. The zero-order chi connectivity index (χ0) is 20.1. The molecule has 0 atom stereocenters. The summed E-state index contributed by atoms with van der Waals surface area (Å²) in [6.45, 7) is 0.480. The number of nitro groups is 1. The number of nitrogens with one attached hydrogen (secondary N) is 1. The first-order valence-corrected chi connectivity index (χ1v) is 8.99. The summed E-state index contributed by atoms with van der Waals surface area (Å²) < 4.78 is 0. The Morgan fingerprint density at radius 2 is 1.93 bits per heavy atom. The topological polar surface area (TPSA) is 105 Å². The number of hydrogen-bond donors (Lipinski definition) is 1. The highest BCUT2D eigenvalue weighted by molar-refractivity contribution is 6.32. The predicted molar refractivity (Wildman–Crippen MR) is 105 cm³/mol. The van der Waals surface area contributed by atoms with Gasteiger partial charge in [0.2, 0.25) is 11.8 Å². The third kappa shape index (κ3) is 4.72. The minimum absolute atomic E-state index is 0.00686. The van der Waals surface area contributed by atoms with Gasteiger partial charge in [-0.1, -0.05) is 41.9 Å². The maximum Gasteiger partial charge on any atom is 0.289 e. The van der Waals surface area contributed by atoms with Gasteiger partial charge in [-0.05, 0) is 17.7 Å². The Morgan fingerprint density at radius 3 is 2.64 bits per heavy atom. The van der Waals surface area contributed by atoms with E-state index in [4.69, 9.17) is 11.6 Å². The van der Waals surface area contributed by atoms with Gasteiger partial charge in [0.15, 0.2) is 0 Å². The second kappa shape index (κ2) is 8.62. The number of hydrogen-bond acceptors (Lipinski definition) is 5. The van der Waals surface area contributed by atoms with Gasteiger partial charge in [0, 0.05) is 31.0 Å². The van der Waals surface area contributed by atoms with Gasteiger partial charge in [-0.3, -0.25) is 19.7 Å². The highest BCUT2D eigenvalue weighted by atomic mass is 35.5. The third-order valence-corrected chi connectivity index (χ3v) is 4.51. The number of halogens is 1. The number of nitrogens with zero attached hydrogens (tertiary/aromatic N) is 3. The van der Waals surface area contributed by atoms with Gasteiger partial charge in [0.1, 0.15) is 5.02 Å². The van der Waals surface area contributed by atoms with Gasteiger partial charge < -0.3 is 5.32 Å². The van der Waals surface area contributed by atoms with Crippen molar-refractivity contribution in [2.75, 3.05) is 11.9 Å². The summed E-state index contributed by atoms with van der Waals surface area (Å²) in [5, 5.41) is 19.1. The molecule has 2 aromatic carbocycles. The standard InChI is InChI=1S/C19H17ClN4O4/c20-15-7-6-14(12-17(15)24(27)28)21-18(25)8-9-19(26)23-11-10-16(22-23)13-4-2-1-3-5-13/h1-7,12H,8-11H2,(H,21,25). The second-order valence-corrected chi connectivity index (χ2v) is 6.56. The molecule has 144 valence electrons. The van der Waals surface area contributed by atoms with Crippen LogP contribution in [0.2, 0.25) is 5.02 Å². The number of carbonyl (C=O) groups is 2. The lowest BCUT2D eigenvalue weighted by Crippen LogP contribution is -2.25. The van der Waals surface area contributed by atoms with Gasteiger partial charge >= 0.3 is 0 Å². The smallest absolute Gasteiger partial charge is 0.289 e. The van der Waals surface area contributed by atoms with E-state index in [0.29, 0.717) is 13.0 Å². The summed E-state index contributed by atoms with van der Waals surface area (Å²) in [5.74, 6) is -0.667. The zero-order valence-electron chi connectivity index (χ0n) is 14.8. The van der Waals surface area contributed by atoms with Gasteiger partial charge in [-0.25, -0.2) is 5.01 Å². The molecule has 0 saturated carbocycles. The number of amides is 2. The Kier molecular flexibility index (Phi) is 6.00. The van der Waals surface area contributed by atoms with E-state index in [0.717, 1.165) is 11.3 Å². The molecule has 9 heteroatoms. The van der Waals surface area contributed by atoms with E-state index in [2.05, 4.69) is 10.4 Å². The lowest BCUT2D eigenvalue weighted by molar-refractivity contribution is -0.384. The molecule has 1 N–H and O–H groups in total. The van der Waals surface area contributed by atoms with Gasteiger partial charge in [0.25, 0.3) is 5.69 Å². The summed E-state index contributed by atoms with van der Waals surface area (Å²) in [4.78, 5) is 34.6. The molecular formula is C19H17ClN4O4. The minimum Gasteiger partial charge on any atom is -0.326 e. The van der Waals surface area contributed by atoms with E-state index >= 15 is 0 Å². The third-order valence-electron chi connectivity index (χ3n) is 4.19. The molecule has 8 nitrogen and oxygen atoms in total. The molecule has 0 unspecified atom stereocenters. The predicted octanol–water partition coefficient (Wildman–Crippen LogP) is 3.60. The van der Waals surface area contributed by atoms with Crippen molar-refractivity contribution in [3.63, 3.8) is 0 Å². The molecule has 0 bridgehead atoms. The largest absolute Gasteiger partial charge is 0.326 e. The number of carbonyl (C=O) groups excluding carboxylic acids is 2. The number of nitro benzene ring substituents is 1. The molecule has 1 aliphatic heterocycles. The average Bonchev–Trinajstić information content (AvgIpc) is 3.18. The molecule has 0 fully saturated rings. The highest BCUT2D eigenvalue weighted by Crippen LogP contribution is 2.27. The molecule has 0 aliphatic carbocycles. The SMILES string of the molecule is O=C(CCC(=O)N1CCC(c2ccccc2)=N1)Nc1ccc(Cl)c([N+](=O)[O-])c1. The van der Waals surface area contributed by atoms with Crippen LogP contribution in [0.3, 0.4) is 0 Å². The summed E-state index contributed by atoms with van der Waals surface area (Å²) in [6.07, 6.45) is 0.603. The van der Waals surface area contributed by atoms with Crippen LogP contribution in [0.4, 0.5) is 11.4 Å². The van der Waals surface area contributed by atoms with Crippen LogP contribution in [-0.4, -0.2) is 34.0 Å². The van der Waals surface area contributed by atoms with Crippen LogP contribution in [0, 0.1) is 10.1 Å². The van der Waals surface area contributed by atoms with Crippen molar-refractivity contribution in [1.29, 1.82) is 0 Å². The Bertz CT molecular complexity index is 946. The van der Waals surface area contributed by atoms with Gasteiger partial charge in [0.05, 0.1) is 17.2 Å². The Morgan fingerprint density at radius 1 is 1.18 bits per heavy atom. The molecule has 1 aliphatic rings. The molecule has 3 rings (SSSR count). The van der Waals surface area contributed by atoms with Crippen molar-refractivity contribution in [2.45, 2.75) is 19.3 Å². The van der Waals surface area contributed by atoms with Crippen LogP contribution in [0.1, 0.15) is 24.8 Å². The van der Waals surface area contributed by atoms with Crippen molar-refractivity contribution in [3.05, 3.63) is 69.2 Å². The fourth-order valence-electron chi connectivity index (χ4n) is 2.77. The fourth-order valence-corrected chi connectivity index (χ4v) is 2.96. The van der Waals surface area contributed by atoms with Crippen molar-refractivity contribution in [3.8, 4) is 0 Å². The van der Waals surface area contributed by atoms with Crippen LogP contribution in [0.25, 0.3) is 0 Å². The van der Waals surface area contributed by atoms with Crippen LogP contribution in [0.15, 0.2) is 53.6 Å². The Balaban J connectivity index is 1.54. The maximum atomic E-state index is 12.3. The van der Waals surface area contributed by atoms with Crippen molar-refractivity contribution in [2.24, 2.45) is 5.10 Å². The van der Waals surface area contributed by atoms with E-state index in [1.165, 1.54) is 23.2 Å². The molecule has 2 aromatic rings. The van der Waals surface area contributed by atoms with E-state index in [1.54, 1.807) is 0 Å². The summed E-state index contributed by atoms with van der Waals surface area (Å²) in [7, 11) is 0. The van der Waals surface area contributed by atoms with E-state index < -0.39 is 10.8 Å². The van der Waals surface area contributed by atoms with Gasteiger partial charge in [-0.15, -0.1) is 0 Å². The first-order chi connectivity index (χ1) is 13.4. The molecule has 0 saturated heterocycles. The molecule has 1 heterocycles. The maximum absolute atomic E-state index is 12.3. The minimum atomic E-state index is -0.628. The molecular weight excluding hydrogens is 384 g/mol. The van der Waals surface area contributed by atoms with Crippen LogP contribution in [0.5, 0.6) is 0 Å². The normalized spacial score (nSPS) is 13.2. The fraction of sp³-hybridized carbons (Fsp3) is 0.211. The zero-order valence-corrected chi connectivity index (χ0v) is 15.6. The van der Waals surface area contributed by atoms with Crippen LogP contribution in [-0.2, 0) is 9.59 Å². The van der Waals surface area contributed by atoms with Crippen molar-refractivity contribution >= 4 is 40.5 Å². The van der Waals surface area contributed by atoms with Crippen LogP contribution >= 0.6 is 11.6 Å². The Labute approximate surface area is 165 Å². The van der Waals surface area contributed by atoms with E-state index in [-0.39, 0.29) is 35.1 Å². The number of benzene rings is 2. The van der Waals surface area contributed by atoms with Crippen LogP contribution < -0.4 is 5.32 Å². The van der Waals surface area contributed by atoms with Crippen molar-refractivity contribution in [1.82, 2.24) is 5.01 Å². The van der Waals surface area contributed by atoms with E-state index in [1.807, 2.05) is 30.3 Å². The molecule has 0 spiro atoms. The lowest BCUT2D eigenvalue weighted by atomic mass is 10.1.